The third-order valence-corrected chi connectivity index (χ3v) is 1.59. The van der Waals surface area contributed by atoms with Crippen molar-refractivity contribution in [2.45, 2.75) is 6.92 Å². The highest BCUT2D eigenvalue weighted by Crippen LogP contribution is 2.00. The molecule has 0 saturated carbocycles. The number of imidazole rings is 1. The normalized spacial score (nSPS) is 10.6. The van der Waals surface area contributed by atoms with Crippen molar-refractivity contribution in [2.75, 3.05) is 0 Å². The third-order valence-electron chi connectivity index (χ3n) is 1.59. The maximum Gasteiger partial charge on any atom is 0.136 e. The van der Waals surface area contributed by atoms with E-state index in [9.17, 15) is 0 Å². The van der Waals surface area contributed by atoms with E-state index in [0.717, 1.165) is 16.8 Å². The Morgan fingerprint density at radius 1 is 1.36 bits per heavy atom. The molecular formula is C8H7BN2. The summed E-state index contributed by atoms with van der Waals surface area (Å²) in [5.41, 5.74) is 2.71. The van der Waals surface area contributed by atoms with Crippen LogP contribution in [0.5, 0.6) is 0 Å². The van der Waals surface area contributed by atoms with Crippen molar-refractivity contribution in [1.82, 2.24) is 9.38 Å². The van der Waals surface area contributed by atoms with E-state index in [1.54, 1.807) is 0 Å². The summed E-state index contributed by atoms with van der Waals surface area (Å²) >= 11 is 0. The standard InChI is InChI=1S/C8H7BN2/c1-6-4-11-5-7(9)2-3-8(11)10-6/h2-5H,1H3. The van der Waals surface area contributed by atoms with E-state index in [1.807, 2.05) is 35.9 Å². The summed E-state index contributed by atoms with van der Waals surface area (Å²) in [7, 11) is 5.58. The predicted molar refractivity (Wildman–Crippen MR) is 45.3 cm³/mol. The molecule has 0 saturated heterocycles. The lowest BCUT2D eigenvalue weighted by molar-refractivity contribution is 1.20. The first kappa shape index (κ1) is 6.46. The molecule has 2 rings (SSSR count). The van der Waals surface area contributed by atoms with Gasteiger partial charge in [0.05, 0.1) is 5.69 Å². The Morgan fingerprint density at radius 2 is 2.18 bits per heavy atom. The first-order valence-corrected chi connectivity index (χ1v) is 3.46. The van der Waals surface area contributed by atoms with Crippen molar-refractivity contribution >= 4 is 19.0 Å². The molecular weight excluding hydrogens is 135 g/mol. The Kier molecular flexibility index (Phi) is 1.25. The molecule has 0 aliphatic rings. The van der Waals surface area contributed by atoms with Gasteiger partial charge in [-0.15, -0.1) is 0 Å². The lowest BCUT2D eigenvalue weighted by Gasteiger charge is -1.93. The van der Waals surface area contributed by atoms with Gasteiger partial charge in [-0.05, 0) is 13.0 Å². The summed E-state index contributed by atoms with van der Waals surface area (Å²) in [5.74, 6) is 0. The molecule has 0 atom stereocenters. The summed E-state index contributed by atoms with van der Waals surface area (Å²) in [5, 5.41) is 0. The minimum absolute atomic E-state index is 0.759. The highest BCUT2D eigenvalue weighted by molar-refractivity contribution is 6.32. The van der Waals surface area contributed by atoms with E-state index >= 15 is 0 Å². The molecule has 2 aromatic rings. The minimum atomic E-state index is 0.759. The predicted octanol–water partition coefficient (Wildman–Crippen LogP) is 0.437. The summed E-state index contributed by atoms with van der Waals surface area (Å²) in [6.45, 7) is 1.96. The van der Waals surface area contributed by atoms with Crippen LogP contribution in [-0.2, 0) is 0 Å². The number of hydrogen-bond donors (Lipinski definition) is 0. The second kappa shape index (κ2) is 2.12. The van der Waals surface area contributed by atoms with Crippen LogP contribution in [0.2, 0.25) is 0 Å². The molecule has 2 heterocycles. The number of rotatable bonds is 0. The van der Waals surface area contributed by atoms with Crippen molar-refractivity contribution in [2.24, 2.45) is 0 Å². The van der Waals surface area contributed by atoms with Crippen LogP contribution in [0.4, 0.5) is 0 Å². The SMILES string of the molecule is [B]c1ccc2nc(C)cn2c1. The lowest BCUT2D eigenvalue weighted by atomic mass is 9.99. The van der Waals surface area contributed by atoms with Crippen LogP contribution in [0, 0.1) is 6.92 Å². The summed E-state index contributed by atoms with van der Waals surface area (Å²) in [4.78, 5) is 4.26. The van der Waals surface area contributed by atoms with Crippen LogP contribution in [-0.4, -0.2) is 17.2 Å². The molecule has 3 heteroatoms. The summed E-state index contributed by atoms with van der Waals surface area (Å²) in [6, 6.07) is 3.75. The molecule has 11 heavy (non-hydrogen) atoms. The first-order valence-electron chi connectivity index (χ1n) is 3.46. The molecule has 0 unspecified atom stereocenters. The van der Waals surface area contributed by atoms with Crippen molar-refractivity contribution in [3.05, 3.63) is 30.2 Å². The quantitative estimate of drug-likeness (QED) is 0.487. The second-order valence-electron chi connectivity index (χ2n) is 2.61. The molecule has 0 bridgehead atoms. The van der Waals surface area contributed by atoms with Gasteiger partial charge in [-0.2, -0.15) is 0 Å². The smallest absolute Gasteiger partial charge is 0.136 e. The van der Waals surface area contributed by atoms with E-state index < -0.39 is 0 Å². The molecule has 0 amide bonds. The highest BCUT2D eigenvalue weighted by atomic mass is 15.0. The Bertz CT molecular complexity index is 392. The molecule has 2 radical (unpaired) electrons. The van der Waals surface area contributed by atoms with Crippen LogP contribution in [0.15, 0.2) is 24.5 Å². The monoisotopic (exact) mass is 142 g/mol. The number of hydrogen-bond acceptors (Lipinski definition) is 1. The highest BCUT2D eigenvalue weighted by Gasteiger charge is 1.94. The van der Waals surface area contributed by atoms with Gasteiger partial charge in [0.2, 0.25) is 0 Å². The van der Waals surface area contributed by atoms with Gasteiger partial charge in [-0.1, -0.05) is 11.5 Å². The van der Waals surface area contributed by atoms with Crippen LogP contribution >= 0.6 is 0 Å². The summed E-state index contributed by atoms with van der Waals surface area (Å²) in [6.07, 6.45) is 3.81. The second-order valence-corrected chi connectivity index (χ2v) is 2.61. The van der Waals surface area contributed by atoms with Crippen LogP contribution in [0.1, 0.15) is 5.69 Å². The maximum absolute atomic E-state index is 5.58. The van der Waals surface area contributed by atoms with Gasteiger partial charge in [0.25, 0.3) is 0 Å². The van der Waals surface area contributed by atoms with Gasteiger partial charge in [0.1, 0.15) is 13.5 Å². The van der Waals surface area contributed by atoms with E-state index in [2.05, 4.69) is 4.98 Å². The topological polar surface area (TPSA) is 17.3 Å². The molecule has 0 aliphatic heterocycles. The van der Waals surface area contributed by atoms with Crippen LogP contribution in [0.3, 0.4) is 0 Å². The van der Waals surface area contributed by atoms with E-state index in [-0.39, 0.29) is 0 Å². The molecule has 0 fully saturated rings. The van der Waals surface area contributed by atoms with Crippen molar-refractivity contribution in [3.8, 4) is 0 Å². The Morgan fingerprint density at radius 3 is 3.00 bits per heavy atom. The third kappa shape index (κ3) is 1.02. The van der Waals surface area contributed by atoms with Gasteiger partial charge in [0, 0.05) is 12.4 Å². The minimum Gasteiger partial charge on any atom is -0.307 e. The molecule has 0 aliphatic carbocycles. The summed E-state index contributed by atoms with van der Waals surface area (Å²) < 4.78 is 1.92. The molecule has 0 N–H and O–H groups in total. The van der Waals surface area contributed by atoms with Crippen molar-refractivity contribution < 1.29 is 0 Å². The zero-order chi connectivity index (χ0) is 7.84. The average molecular weight is 142 g/mol. The van der Waals surface area contributed by atoms with E-state index in [4.69, 9.17) is 7.85 Å². The fourth-order valence-electron chi connectivity index (χ4n) is 1.14. The van der Waals surface area contributed by atoms with Crippen molar-refractivity contribution in [1.29, 1.82) is 0 Å². The largest absolute Gasteiger partial charge is 0.307 e. The zero-order valence-corrected chi connectivity index (χ0v) is 6.28. The van der Waals surface area contributed by atoms with Gasteiger partial charge in [-0.25, -0.2) is 4.98 Å². The molecule has 0 spiro atoms. The Labute approximate surface area is 66.3 Å². The van der Waals surface area contributed by atoms with Gasteiger partial charge in [0.15, 0.2) is 0 Å². The number of pyridine rings is 1. The van der Waals surface area contributed by atoms with E-state index in [0.29, 0.717) is 0 Å². The first-order chi connectivity index (χ1) is 5.25. The van der Waals surface area contributed by atoms with Gasteiger partial charge >= 0.3 is 0 Å². The zero-order valence-electron chi connectivity index (χ0n) is 6.28. The Hall–Kier alpha value is -1.25. The van der Waals surface area contributed by atoms with E-state index in [1.165, 1.54) is 0 Å². The van der Waals surface area contributed by atoms with Crippen LogP contribution < -0.4 is 5.46 Å². The fourth-order valence-corrected chi connectivity index (χ4v) is 1.14. The fraction of sp³-hybridized carbons (Fsp3) is 0.125. The number of nitrogens with zero attached hydrogens (tertiary/aromatic N) is 2. The molecule has 2 aromatic heterocycles. The molecule has 2 nitrogen and oxygen atoms in total. The lowest BCUT2D eigenvalue weighted by Crippen LogP contribution is -2.03. The number of aryl methyl sites for hydroxylation is 1. The van der Waals surface area contributed by atoms with Gasteiger partial charge in [-0.3, -0.25) is 0 Å². The maximum atomic E-state index is 5.58. The number of aromatic nitrogens is 2. The molecule has 0 aromatic carbocycles. The number of fused-ring (bicyclic) bond motifs is 1. The molecule has 52 valence electrons. The average Bonchev–Trinajstić information content (AvgIpc) is 2.27. The Balaban J connectivity index is 2.82. The van der Waals surface area contributed by atoms with Crippen LogP contribution in [0.25, 0.3) is 5.65 Å². The van der Waals surface area contributed by atoms with Gasteiger partial charge < -0.3 is 4.40 Å². The van der Waals surface area contributed by atoms with Crippen molar-refractivity contribution in [3.63, 3.8) is 0 Å².